The lowest BCUT2D eigenvalue weighted by molar-refractivity contribution is -0.158. The van der Waals surface area contributed by atoms with E-state index in [-0.39, 0.29) is 63.6 Å². The topological polar surface area (TPSA) is 149 Å². The van der Waals surface area contributed by atoms with Gasteiger partial charge in [0.25, 0.3) is 0 Å². The van der Waals surface area contributed by atoms with Crippen LogP contribution in [-0.4, -0.2) is 52.4 Å². The molecule has 0 saturated heterocycles. The van der Waals surface area contributed by atoms with E-state index in [1.807, 2.05) is 114 Å². The van der Waals surface area contributed by atoms with Gasteiger partial charge in [0.1, 0.15) is 18.7 Å². The van der Waals surface area contributed by atoms with Gasteiger partial charge in [-0.1, -0.05) is 94.6 Å². The van der Waals surface area contributed by atoms with Crippen molar-refractivity contribution in [1.82, 2.24) is 13.7 Å². The highest BCUT2D eigenvalue weighted by molar-refractivity contribution is 7.42. The highest BCUT2D eigenvalue weighted by Crippen LogP contribution is 2.28. The molecule has 15 nitrogen and oxygen atoms in total. The predicted molar refractivity (Wildman–Crippen MR) is 279 cm³/mol. The van der Waals surface area contributed by atoms with Gasteiger partial charge < -0.3 is 42.0 Å². The van der Waals surface area contributed by atoms with Crippen molar-refractivity contribution in [3.05, 3.63) is 121 Å². The van der Waals surface area contributed by atoms with Gasteiger partial charge >= 0.3 is 17.1 Å². The van der Waals surface area contributed by atoms with Crippen LogP contribution in [0.15, 0.2) is 87.2 Å². The van der Waals surface area contributed by atoms with Crippen molar-refractivity contribution < 1.29 is 42.0 Å². The first-order chi connectivity index (χ1) is 33.1. The average molecular weight is 1020 g/mol. The van der Waals surface area contributed by atoms with Crippen LogP contribution in [0.2, 0.25) is 0 Å². The Bertz CT molecular complexity index is 2030. The molecule has 1 aromatic heterocycles. The standard InChI is InChI=1S/C51H78N3O12P3/c1-13-16-28-58-40(10)61-34(4)43-22-19-25-46(31-43)67-64-37(7)52-49(55)53(38(8)65-68-47-26-20-23-44(32-47)35(5)62-41(11)59-29-17-14-2)51(57)54(50(52)56)39(9)66-69-48-27-21-24-45(33-48)36(6)63-42(12)60-30-18-15-3/h19-27,31-42,67-69H,13-18,28-30H2,1-12H3. The van der Waals surface area contributed by atoms with Crippen molar-refractivity contribution in [2.45, 2.75) is 177 Å². The zero-order valence-corrected chi connectivity index (χ0v) is 45.7. The summed E-state index contributed by atoms with van der Waals surface area (Å²) >= 11 is 0. The summed E-state index contributed by atoms with van der Waals surface area (Å²) in [5.74, 6) is 0. The number of unbranched alkanes of at least 4 members (excludes halogenated alkanes) is 3. The minimum Gasteiger partial charge on any atom is -0.353 e. The van der Waals surface area contributed by atoms with E-state index in [9.17, 15) is 14.4 Å². The second-order valence-electron chi connectivity index (χ2n) is 17.0. The molecule has 12 unspecified atom stereocenters. The lowest BCUT2D eigenvalue weighted by Gasteiger charge is -2.24. The van der Waals surface area contributed by atoms with E-state index in [1.54, 1.807) is 20.8 Å². The Morgan fingerprint density at radius 2 is 0.681 bits per heavy atom. The summed E-state index contributed by atoms with van der Waals surface area (Å²) in [4.78, 5) is 43.3. The summed E-state index contributed by atoms with van der Waals surface area (Å²) in [6.45, 7) is 24.6. The molecule has 18 heteroatoms. The van der Waals surface area contributed by atoms with E-state index in [4.69, 9.17) is 42.0 Å². The number of aromatic nitrogens is 3. The molecule has 12 atom stereocenters. The van der Waals surface area contributed by atoms with Gasteiger partial charge in [-0.2, -0.15) is 0 Å². The first-order valence-electron chi connectivity index (χ1n) is 24.4. The minimum atomic E-state index is -1.09. The van der Waals surface area contributed by atoms with Gasteiger partial charge in [0.05, 0.1) is 18.3 Å². The van der Waals surface area contributed by atoms with Crippen molar-refractivity contribution in [1.29, 1.82) is 0 Å². The fraction of sp³-hybridized carbons (Fsp3) is 0.588. The largest absolute Gasteiger partial charge is 0.353 e. The van der Waals surface area contributed by atoms with Gasteiger partial charge in [-0.3, -0.25) is 0 Å². The molecule has 0 radical (unpaired) electrons. The molecule has 0 amide bonds. The minimum absolute atomic E-state index is 0.259. The maximum Gasteiger partial charge on any atom is 0.340 e. The van der Waals surface area contributed by atoms with Crippen LogP contribution >= 0.6 is 26.4 Å². The maximum atomic E-state index is 14.4. The van der Waals surface area contributed by atoms with Crippen molar-refractivity contribution in [2.75, 3.05) is 19.8 Å². The number of hydrogen-bond donors (Lipinski definition) is 0. The Morgan fingerprint density at radius 3 is 0.928 bits per heavy atom. The van der Waals surface area contributed by atoms with Crippen molar-refractivity contribution in [2.24, 2.45) is 0 Å². The van der Waals surface area contributed by atoms with Crippen LogP contribution in [0.25, 0.3) is 0 Å². The first kappa shape index (κ1) is 58.6. The smallest absolute Gasteiger partial charge is 0.340 e. The summed E-state index contributed by atoms with van der Waals surface area (Å²) in [6.07, 6.45) is 0.773. The Balaban J connectivity index is 1.60. The van der Waals surface area contributed by atoms with E-state index < -0.39 is 35.8 Å². The molecule has 0 bridgehead atoms. The molecule has 0 fully saturated rings. The van der Waals surface area contributed by atoms with Gasteiger partial charge in [-0.05, 0) is 132 Å². The van der Waals surface area contributed by atoms with Crippen LogP contribution in [0.3, 0.4) is 0 Å². The molecule has 4 rings (SSSR count). The molecule has 0 aliphatic rings. The van der Waals surface area contributed by atoms with Gasteiger partial charge in [0, 0.05) is 46.2 Å². The van der Waals surface area contributed by atoms with Crippen LogP contribution in [0.4, 0.5) is 0 Å². The summed E-state index contributed by atoms with van der Waals surface area (Å²) < 4.78 is 57.4. The third-order valence-corrected chi connectivity index (χ3v) is 14.2. The summed E-state index contributed by atoms with van der Waals surface area (Å²) in [6, 6.07) is 23.3. The second kappa shape index (κ2) is 30.8. The number of nitrogens with zero attached hydrogens (tertiary/aromatic N) is 3. The van der Waals surface area contributed by atoms with Crippen molar-refractivity contribution in [3.8, 4) is 0 Å². The monoisotopic (exact) mass is 1020 g/mol. The molecular weight excluding hydrogens is 939 g/mol. The zero-order chi connectivity index (χ0) is 50.5. The van der Waals surface area contributed by atoms with Crippen LogP contribution in [0.1, 0.15) is 175 Å². The SMILES string of the molecule is CCCCOC(C)OC(C)c1cccc(POC(C)n2c(=O)n(C(C)OPc3cccc(C(C)OC(C)OCCCC)c3)c(=O)n(C(C)OPc3cccc(C(C)OC(C)OCCCC)c3)c2=O)c1. The zero-order valence-electron chi connectivity index (χ0n) is 42.7. The molecule has 4 aromatic rings. The quantitative estimate of drug-likeness (QED) is 0.0254. The van der Waals surface area contributed by atoms with Crippen molar-refractivity contribution >= 4 is 42.3 Å². The lowest BCUT2D eigenvalue weighted by Crippen LogP contribution is -2.57. The Labute approximate surface area is 414 Å². The fourth-order valence-electron chi connectivity index (χ4n) is 7.11. The molecule has 384 valence electrons. The second-order valence-corrected chi connectivity index (χ2v) is 20.1. The number of ether oxygens (including phenoxy) is 6. The number of hydrogen-bond acceptors (Lipinski definition) is 12. The molecule has 0 spiro atoms. The maximum absolute atomic E-state index is 14.4. The van der Waals surface area contributed by atoms with E-state index in [0.29, 0.717) is 19.8 Å². The van der Waals surface area contributed by atoms with Crippen LogP contribution < -0.4 is 33.0 Å². The molecule has 0 aliphatic heterocycles. The number of benzene rings is 3. The number of rotatable bonds is 33. The van der Waals surface area contributed by atoms with Crippen LogP contribution in [0, 0.1) is 0 Å². The molecule has 0 N–H and O–H groups in total. The average Bonchev–Trinajstić information content (AvgIpc) is 3.32. The van der Waals surface area contributed by atoms with E-state index in [1.165, 1.54) is 0 Å². The lowest BCUT2D eigenvalue weighted by atomic mass is 10.1. The third-order valence-electron chi connectivity index (χ3n) is 11.2. The van der Waals surface area contributed by atoms with Gasteiger partial charge in [-0.25, -0.2) is 28.1 Å². The first-order valence-corrected chi connectivity index (χ1v) is 27.2. The van der Waals surface area contributed by atoms with Gasteiger partial charge in [0.2, 0.25) is 0 Å². The summed E-state index contributed by atoms with van der Waals surface area (Å²) in [5.41, 5.74) is 0.143. The van der Waals surface area contributed by atoms with Crippen LogP contribution in [0.5, 0.6) is 0 Å². The Morgan fingerprint density at radius 1 is 0.420 bits per heavy atom. The van der Waals surface area contributed by atoms with E-state index >= 15 is 0 Å². The molecule has 1 heterocycles. The van der Waals surface area contributed by atoms with Gasteiger partial charge in [0.15, 0.2) is 18.9 Å². The van der Waals surface area contributed by atoms with Crippen molar-refractivity contribution in [3.63, 3.8) is 0 Å². The summed E-state index contributed by atoms with van der Waals surface area (Å²) in [7, 11) is -0.778. The van der Waals surface area contributed by atoms with Gasteiger partial charge in [-0.15, -0.1) is 0 Å². The molecular formula is C51H78N3O12P3. The third kappa shape index (κ3) is 18.8. The van der Waals surface area contributed by atoms with Crippen LogP contribution in [-0.2, 0) is 42.0 Å². The highest BCUT2D eigenvalue weighted by Gasteiger charge is 2.27. The molecule has 69 heavy (non-hydrogen) atoms. The van der Waals surface area contributed by atoms with E-state index in [0.717, 1.165) is 84.8 Å². The Hall–Kier alpha value is -3.00. The van der Waals surface area contributed by atoms with E-state index in [2.05, 4.69) is 20.8 Å². The molecule has 0 aliphatic carbocycles. The summed E-state index contributed by atoms with van der Waals surface area (Å²) in [5, 5.41) is 2.48. The Kier molecular flexibility index (Phi) is 26.1. The normalized spacial score (nSPS) is 16.3. The predicted octanol–water partition coefficient (Wildman–Crippen LogP) is 10.3. The molecule has 3 aromatic carbocycles. The fourth-order valence-corrected chi connectivity index (χ4v) is 9.51. The highest BCUT2D eigenvalue weighted by atomic mass is 31.1. The molecule has 0 saturated carbocycles.